The summed E-state index contributed by atoms with van der Waals surface area (Å²) in [4.78, 5) is 32.6. The van der Waals surface area contributed by atoms with E-state index in [1.54, 1.807) is 22.1 Å². The van der Waals surface area contributed by atoms with Gasteiger partial charge in [0.25, 0.3) is 5.91 Å². The molecular weight excluding hydrogens is 368 g/mol. The smallest absolute Gasteiger partial charge is 0.409 e. The number of hydrogen-bond donors (Lipinski definition) is 1. The summed E-state index contributed by atoms with van der Waals surface area (Å²) in [7, 11) is 0. The Hall–Kier alpha value is -3.09. The van der Waals surface area contributed by atoms with Gasteiger partial charge in [0, 0.05) is 31.4 Å². The Bertz CT molecular complexity index is 876. The standard InChI is InChI=1S/C22H26N4O3/c1-2-29-22(28)25-12-10-17(11-13-25)24-18-7-8-19(23-15-18)21(27)26-14-9-16-5-3-4-6-20(16)26/h3-8,15,17,24H,2,9-14H2,1H3. The van der Waals surface area contributed by atoms with E-state index >= 15 is 0 Å². The second kappa shape index (κ2) is 8.51. The first-order chi connectivity index (χ1) is 14.2. The van der Waals surface area contributed by atoms with E-state index in [9.17, 15) is 9.59 Å². The zero-order chi connectivity index (χ0) is 20.2. The van der Waals surface area contributed by atoms with E-state index in [2.05, 4.69) is 16.4 Å². The number of ether oxygens (including phenoxy) is 1. The summed E-state index contributed by atoms with van der Waals surface area (Å²) in [6.07, 6.45) is 4.06. The molecule has 4 rings (SSSR count). The minimum absolute atomic E-state index is 0.0655. The van der Waals surface area contributed by atoms with Crippen molar-refractivity contribution in [2.75, 3.05) is 36.5 Å². The third-order valence-electron chi connectivity index (χ3n) is 5.51. The van der Waals surface area contributed by atoms with Gasteiger partial charge in [-0.3, -0.25) is 4.79 Å². The molecule has 0 bridgehead atoms. The summed E-state index contributed by atoms with van der Waals surface area (Å²) >= 11 is 0. The highest BCUT2D eigenvalue weighted by atomic mass is 16.6. The molecule has 152 valence electrons. The van der Waals surface area contributed by atoms with Gasteiger partial charge in [0.2, 0.25) is 0 Å². The lowest BCUT2D eigenvalue weighted by Crippen LogP contribution is -2.42. The number of anilines is 2. The third-order valence-corrected chi connectivity index (χ3v) is 5.51. The lowest BCUT2D eigenvalue weighted by molar-refractivity contribution is 0.0977. The lowest BCUT2D eigenvalue weighted by Gasteiger charge is -2.32. The normalized spacial score (nSPS) is 16.4. The van der Waals surface area contributed by atoms with E-state index in [4.69, 9.17) is 4.74 Å². The molecule has 1 aromatic heterocycles. The Labute approximate surface area is 170 Å². The van der Waals surface area contributed by atoms with Crippen LogP contribution in [0.5, 0.6) is 0 Å². The van der Waals surface area contributed by atoms with Gasteiger partial charge in [-0.15, -0.1) is 0 Å². The Morgan fingerprint density at radius 1 is 1.14 bits per heavy atom. The van der Waals surface area contributed by atoms with Gasteiger partial charge in [-0.1, -0.05) is 18.2 Å². The molecule has 1 saturated heterocycles. The van der Waals surface area contributed by atoms with Gasteiger partial charge in [0.15, 0.2) is 0 Å². The SMILES string of the molecule is CCOC(=O)N1CCC(Nc2ccc(C(=O)N3CCc4ccccc43)nc2)CC1. The van der Waals surface area contributed by atoms with Crippen LogP contribution in [0, 0.1) is 0 Å². The van der Waals surface area contributed by atoms with Gasteiger partial charge in [0.05, 0.1) is 18.5 Å². The topological polar surface area (TPSA) is 74.8 Å². The maximum atomic E-state index is 12.9. The number of amides is 2. The summed E-state index contributed by atoms with van der Waals surface area (Å²) in [6, 6.07) is 12.0. The zero-order valence-electron chi connectivity index (χ0n) is 16.6. The minimum atomic E-state index is -0.237. The molecule has 0 spiro atoms. The second-order valence-electron chi connectivity index (χ2n) is 7.37. The van der Waals surface area contributed by atoms with Crippen LogP contribution in [-0.4, -0.2) is 54.2 Å². The van der Waals surface area contributed by atoms with Crippen molar-refractivity contribution >= 4 is 23.4 Å². The number of carbonyl (C=O) groups excluding carboxylic acids is 2. The fourth-order valence-corrected chi connectivity index (χ4v) is 3.95. The number of pyridine rings is 1. The molecule has 2 aliphatic heterocycles. The van der Waals surface area contributed by atoms with Crippen molar-refractivity contribution < 1.29 is 14.3 Å². The molecule has 0 saturated carbocycles. The van der Waals surface area contributed by atoms with Gasteiger partial charge in [-0.2, -0.15) is 0 Å². The van der Waals surface area contributed by atoms with Crippen molar-refractivity contribution in [3.05, 3.63) is 53.9 Å². The average molecular weight is 394 g/mol. The van der Waals surface area contributed by atoms with Crippen LogP contribution in [0.25, 0.3) is 0 Å². The molecule has 29 heavy (non-hydrogen) atoms. The summed E-state index contributed by atoms with van der Waals surface area (Å²) in [6.45, 7) is 4.26. The minimum Gasteiger partial charge on any atom is -0.450 e. The summed E-state index contributed by atoms with van der Waals surface area (Å²) in [5, 5.41) is 3.46. The van der Waals surface area contributed by atoms with E-state index in [-0.39, 0.29) is 18.0 Å². The Morgan fingerprint density at radius 2 is 1.93 bits per heavy atom. The number of nitrogens with zero attached hydrogens (tertiary/aromatic N) is 3. The van der Waals surface area contributed by atoms with Crippen molar-refractivity contribution in [3.8, 4) is 0 Å². The van der Waals surface area contributed by atoms with Gasteiger partial charge in [0.1, 0.15) is 5.69 Å². The van der Waals surface area contributed by atoms with Crippen molar-refractivity contribution in [2.24, 2.45) is 0 Å². The number of piperidine rings is 1. The van der Waals surface area contributed by atoms with Gasteiger partial charge >= 0.3 is 6.09 Å². The molecule has 0 unspecified atom stereocenters. The molecule has 1 fully saturated rings. The fraction of sp³-hybridized carbons (Fsp3) is 0.409. The van der Waals surface area contributed by atoms with E-state index in [0.29, 0.717) is 31.9 Å². The number of benzene rings is 1. The molecule has 2 aromatic rings. The Balaban J connectivity index is 1.33. The molecule has 2 aliphatic rings. The predicted octanol–water partition coefficient (Wildman–Crippen LogP) is 3.32. The second-order valence-corrected chi connectivity index (χ2v) is 7.37. The van der Waals surface area contributed by atoms with Gasteiger partial charge in [-0.25, -0.2) is 9.78 Å². The molecule has 7 heteroatoms. The zero-order valence-corrected chi connectivity index (χ0v) is 16.6. The number of para-hydroxylation sites is 1. The van der Waals surface area contributed by atoms with Crippen molar-refractivity contribution in [1.82, 2.24) is 9.88 Å². The van der Waals surface area contributed by atoms with Crippen molar-refractivity contribution in [3.63, 3.8) is 0 Å². The van der Waals surface area contributed by atoms with Crippen LogP contribution in [-0.2, 0) is 11.2 Å². The highest BCUT2D eigenvalue weighted by Gasteiger charge is 2.26. The number of carbonyl (C=O) groups is 2. The van der Waals surface area contributed by atoms with Crippen molar-refractivity contribution in [1.29, 1.82) is 0 Å². The molecule has 0 radical (unpaired) electrons. The predicted molar refractivity (Wildman–Crippen MR) is 111 cm³/mol. The highest BCUT2D eigenvalue weighted by molar-refractivity contribution is 6.06. The maximum Gasteiger partial charge on any atom is 0.409 e. The third kappa shape index (κ3) is 4.18. The number of aromatic nitrogens is 1. The van der Waals surface area contributed by atoms with Crippen LogP contribution in [0.1, 0.15) is 35.8 Å². The number of hydrogen-bond acceptors (Lipinski definition) is 5. The van der Waals surface area contributed by atoms with Crippen LogP contribution in [0.15, 0.2) is 42.6 Å². The molecule has 0 aliphatic carbocycles. The Kier molecular flexibility index (Phi) is 5.64. The monoisotopic (exact) mass is 394 g/mol. The fourth-order valence-electron chi connectivity index (χ4n) is 3.95. The molecule has 3 heterocycles. The lowest BCUT2D eigenvalue weighted by atomic mass is 10.1. The largest absolute Gasteiger partial charge is 0.450 e. The first kappa shape index (κ1) is 19.2. The van der Waals surface area contributed by atoms with Gasteiger partial charge in [-0.05, 0) is 49.9 Å². The van der Waals surface area contributed by atoms with Crippen molar-refractivity contribution in [2.45, 2.75) is 32.2 Å². The number of rotatable bonds is 4. The van der Waals surface area contributed by atoms with E-state index in [1.807, 2.05) is 31.2 Å². The number of nitrogens with one attached hydrogen (secondary N) is 1. The van der Waals surface area contributed by atoms with E-state index < -0.39 is 0 Å². The summed E-state index contributed by atoms with van der Waals surface area (Å²) in [5.74, 6) is -0.0655. The first-order valence-corrected chi connectivity index (χ1v) is 10.2. The van der Waals surface area contributed by atoms with Crippen LogP contribution in [0.3, 0.4) is 0 Å². The first-order valence-electron chi connectivity index (χ1n) is 10.2. The van der Waals surface area contributed by atoms with E-state index in [0.717, 1.165) is 30.6 Å². The molecule has 7 nitrogen and oxygen atoms in total. The molecular formula is C22H26N4O3. The molecule has 1 N–H and O–H groups in total. The van der Waals surface area contributed by atoms with Gasteiger partial charge < -0.3 is 19.9 Å². The Morgan fingerprint density at radius 3 is 2.66 bits per heavy atom. The van der Waals surface area contributed by atoms with E-state index in [1.165, 1.54) is 5.56 Å². The summed E-state index contributed by atoms with van der Waals surface area (Å²) in [5.41, 5.74) is 3.52. The summed E-state index contributed by atoms with van der Waals surface area (Å²) < 4.78 is 5.06. The highest BCUT2D eigenvalue weighted by Crippen LogP contribution is 2.28. The molecule has 0 atom stereocenters. The van der Waals surface area contributed by atoms with Crippen LogP contribution in [0.2, 0.25) is 0 Å². The van der Waals surface area contributed by atoms with Crippen LogP contribution >= 0.6 is 0 Å². The molecule has 2 amide bonds. The van der Waals surface area contributed by atoms with Crippen LogP contribution in [0.4, 0.5) is 16.2 Å². The average Bonchev–Trinajstić information content (AvgIpc) is 3.19. The van der Waals surface area contributed by atoms with Crippen LogP contribution < -0.4 is 10.2 Å². The maximum absolute atomic E-state index is 12.9. The number of fused-ring (bicyclic) bond motifs is 1. The quantitative estimate of drug-likeness (QED) is 0.861. The number of likely N-dealkylation sites (tertiary alicyclic amines) is 1. The molecule has 1 aromatic carbocycles.